The van der Waals surface area contributed by atoms with E-state index in [1.54, 1.807) is 25.4 Å². The zero-order valence-corrected chi connectivity index (χ0v) is 11.8. The van der Waals surface area contributed by atoms with Crippen LogP contribution in [0.5, 0.6) is 5.75 Å². The quantitative estimate of drug-likeness (QED) is 0.905. The van der Waals surface area contributed by atoms with E-state index in [0.29, 0.717) is 18.0 Å². The lowest BCUT2D eigenvalue weighted by atomic mass is 10.1. The third-order valence-electron chi connectivity index (χ3n) is 3.02. The van der Waals surface area contributed by atoms with Crippen molar-refractivity contribution in [2.24, 2.45) is 0 Å². The van der Waals surface area contributed by atoms with Gasteiger partial charge < -0.3 is 14.5 Å². The highest BCUT2D eigenvalue weighted by Gasteiger charge is 2.12. The number of nitrogens with zero attached hydrogens (tertiary/aromatic N) is 2. The third kappa shape index (κ3) is 3.16. The summed E-state index contributed by atoms with van der Waals surface area (Å²) >= 11 is 0. The van der Waals surface area contributed by atoms with E-state index in [1.807, 2.05) is 19.9 Å². The molecule has 0 radical (unpaired) electrons. The fourth-order valence-corrected chi connectivity index (χ4v) is 1.91. The van der Waals surface area contributed by atoms with Gasteiger partial charge >= 0.3 is 0 Å². The van der Waals surface area contributed by atoms with Gasteiger partial charge in [0.25, 0.3) is 0 Å². The van der Waals surface area contributed by atoms with E-state index in [-0.39, 0.29) is 6.04 Å². The van der Waals surface area contributed by atoms with Crippen LogP contribution in [0.3, 0.4) is 0 Å². The number of aromatic nitrogens is 1. The van der Waals surface area contributed by atoms with Gasteiger partial charge in [-0.05, 0) is 32.0 Å². The van der Waals surface area contributed by atoms with Gasteiger partial charge in [0, 0.05) is 12.1 Å². The number of hydrogen-bond donors (Lipinski definition) is 1. The molecular weight excluding hydrogens is 254 g/mol. The van der Waals surface area contributed by atoms with Crippen molar-refractivity contribution in [2.45, 2.75) is 26.4 Å². The third-order valence-corrected chi connectivity index (χ3v) is 3.02. The summed E-state index contributed by atoms with van der Waals surface area (Å²) < 4.78 is 10.8. The van der Waals surface area contributed by atoms with Crippen LogP contribution in [0.4, 0.5) is 0 Å². The van der Waals surface area contributed by atoms with Gasteiger partial charge in [-0.3, -0.25) is 0 Å². The average molecular weight is 271 g/mol. The van der Waals surface area contributed by atoms with Crippen molar-refractivity contribution >= 4 is 0 Å². The summed E-state index contributed by atoms with van der Waals surface area (Å²) in [6.45, 7) is 4.41. The van der Waals surface area contributed by atoms with Gasteiger partial charge in [0.05, 0.1) is 31.0 Å². The first-order valence-electron chi connectivity index (χ1n) is 6.36. The molecule has 0 fully saturated rings. The Bertz CT molecular complexity index is 628. The Kier molecular flexibility index (Phi) is 4.38. The molecule has 1 atom stereocenters. The van der Waals surface area contributed by atoms with Gasteiger partial charge in [-0.15, -0.1) is 0 Å². The van der Waals surface area contributed by atoms with Crippen LogP contribution in [0, 0.1) is 18.3 Å². The monoisotopic (exact) mass is 271 g/mol. The van der Waals surface area contributed by atoms with Crippen LogP contribution in [-0.4, -0.2) is 12.1 Å². The van der Waals surface area contributed by atoms with E-state index in [2.05, 4.69) is 16.4 Å². The van der Waals surface area contributed by atoms with Crippen molar-refractivity contribution in [3.8, 4) is 11.8 Å². The molecule has 0 aliphatic rings. The Labute approximate surface area is 118 Å². The Morgan fingerprint density at radius 3 is 2.90 bits per heavy atom. The molecule has 104 valence electrons. The van der Waals surface area contributed by atoms with Crippen LogP contribution in [0.15, 0.2) is 28.8 Å². The van der Waals surface area contributed by atoms with Gasteiger partial charge in [-0.1, -0.05) is 0 Å². The number of methoxy groups -OCH3 is 1. The second-order valence-corrected chi connectivity index (χ2v) is 4.55. The number of oxazole rings is 1. The van der Waals surface area contributed by atoms with Crippen molar-refractivity contribution in [2.75, 3.05) is 7.11 Å². The molecule has 0 amide bonds. The number of rotatable bonds is 5. The smallest absolute Gasteiger partial charge is 0.211 e. The second kappa shape index (κ2) is 6.22. The van der Waals surface area contributed by atoms with Gasteiger partial charge in [-0.2, -0.15) is 5.26 Å². The standard InChI is InChI=1S/C15H17N3O2/c1-10-8-18-15(20-10)11(2)17-9-13-6-12(7-16)4-5-14(13)19-3/h4-6,8,11,17H,9H2,1-3H3. The molecule has 0 bridgehead atoms. The molecule has 0 aliphatic heterocycles. The van der Waals surface area contributed by atoms with Gasteiger partial charge in [0.1, 0.15) is 11.5 Å². The summed E-state index contributed by atoms with van der Waals surface area (Å²) in [5.41, 5.74) is 1.55. The van der Waals surface area contributed by atoms with E-state index in [1.165, 1.54) is 0 Å². The maximum atomic E-state index is 8.95. The molecular formula is C15H17N3O2. The average Bonchev–Trinajstić information content (AvgIpc) is 2.91. The number of aryl methyl sites for hydroxylation is 1. The normalized spacial score (nSPS) is 11.9. The summed E-state index contributed by atoms with van der Waals surface area (Å²) in [4.78, 5) is 4.19. The second-order valence-electron chi connectivity index (χ2n) is 4.55. The number of ether oxygens (including phenoxy) is 1. The summed E-state index contributed by atoms with van der Waals surface area (Å²) in [7, 11) is 1.62. The molecule has 1 aromatic heterocycles. The van der Waals surface area contributed by atoms with E-state index < -0.39 is 0 Å². The van der Waals surface area contributed by atoms with Gasteiger partial charge in [-0.25, -0.2) is 4.98 Å². The summed E-state index contributed by atoms with van der Waals surface area (Å²) in [5, 5.41) is 12.3. The molecule has 5 heteroatoms. The van der Waals surface area contributed by atoms with Crippen LogP contribution in [0.25, 0.3) is 0 Å². The first-order valence-corrected chi connectivity index (χ1v) is 6.36. The molecule has 0 aliphatic carbocycles. The number of nitriles is 1. The van der Waals surface area contributed by atoms with Crippen molar-refractivity contribution < 1.29 is 9.15 Å². The molecule has 5 nitrogen and oxygen atoms in total. The maximum Gasteiger partial charge on any atom is 0.211 e. The lowest BCUT2D eigenvalue weighted by Gasteiger charge is -2.13. The Morgan fingerprint density at radius 1 is 1.50 bits per heavy atom. The highest BCUT2D eigenvalue weighted by Crippen LogP contribution is 2.21. The molecule has 1 aromatic carbocycles. The molecule has 2 rings (SSSR count). The summed E-state index contributed by atoms with van der Waals surface area (Å²) in [5.74, 6) is 2.20. The predicted molar refractivity (Wildman–Crippen MR) is 74.2 cm³/mol. The molecule has 20 heavy (non-hydrogen) atoms. The van der Waals surface area contributed by atoms with Gasteiger partial charge in [0.2, 0.25) is 5.89 Å². The fourth-order valence-electron chi connectivity index (χ4n) is 1.91. The Balaban J connectivity index is 2.08. The van der Waals surface area contributed by atoms with Gasteiger partial charge in [0.15, 0.2) is 0 Å². The lowest BCUT2D eigenvalue weighted by molar-refractivity contribution is 0.389. The Morgan fingerprint density at radius 2 is 2.30 bits per heavy atom. The molecule has 1 heterocycles. The highest BCUT2D eigenvalue weighted by molar-refractivity contribution is 5.42. The molecule has 2 aromatic rings. The Hall–Kier alpha value is -2.32. The molecule has 0 spiro atoms. The largest absolute Gasteiger partial charge is 0.496 e. The lowest BCUT2D eigenvalue weighted by Crippen LogP contribution is -2.18. The maximum absolute atomic E-state index is 8.95. The van der Waals surface area contributed by atoms with Crippen LogP contribution < -0.4 is 10.1 Å². The molecule has 1 unspecified atom stereocenters. The number of benzene rings is 1. The zero-order valence-electron chi connectivity index (χ0n) is 11.8. The van der Waals surface area contributed by atoms with Crippen molar-refractivity contribution in [3.05, 3.63) is 47.2 Å². The van der Waals surface area contributed by atoms with Crippen LogP contribution in [0.2, 0.25) is 0 Å². The van der Waals surface area contributed by atoms with Crippen molar-refractivity contribution in [1.29, 1.82) is 5.26 Å². The summed E-state index contributed by atoms with van der Waals surface area (Å²) in [6.07, 6.45) is 1.70. The molecule has 0 saturated heterocycles. The van der Waals surface area contributed by atoms with Crippen LogP contribution >= 0.6 is 0 Å². The zero-order chi connectivity index (χ0) is 14.5. The topological polar surface area (TPSA) is 71.1 Å². The molecule has 0 saturated carbocycles. The number of hydrogen-bond acceptors (Lipinski definition) is 5. The fraction of sp³-hybridized carbons (Fsp3) is 0.333. The van der Waals surface area contributed by atoms with E-state index in [9.17, 15) is 0 Å². The van der Waals surface area contributed by atoms with E-state index >= 15 is 0 Å². The SMILES string of the molecule is COc1ccc(C#N)cc1CNC(C)c1ncc(C)o1. The van der Waals surface area contributed by atoms with Crippen LogP contribution in [0.1, 0.15) is 35.7 Å². The van der Waals surface area contributed by atoms with E-state index in [0.717, 1.165) is 17.1 Å². The minimum atomic E-state index is -0.0147. The van der Waals surface area contributed by atoms with Crippen molar-refractivity contribution in [1.82, 2.24) is 10.3 Å². The first kappa shape index (κ1) is 14.1. The summed E-state index contributed by atoms with van der Waals surface area (Å²) in [6, 6.07) is 7.47. The van der Waals surface area contributed by atoms with E-state index in [4.69, 9.17) is 14.4 Å². The first-order chi connectivity index (χ1) is 9.63. The number of nitrogens with one attached hydrogen (secondary N) is 1. The minimum Gasteiger partial charge on any atom is -0.496 e. The predicted octanol–water partition coefficient (Wildman–Crippen LogP) is 2.71. The van der Waals surface area contributed by atoms with Crippen LogP contribution in [-0.2, 0) is 6.54 Å². The van der Waals surface area contributed by atoms with Crippen molar-refractivity contribution in [3.63, 3.8) is 0 Å². The minimum absolute atomic E-state index is 0.0147. The molecule has 1 N–H and O–H groups in total. The highest BCUT2D eigenvalue weighted by atomic mass is 16.5.